The zero-order chi connectivity index (χ0) is 11.3. The van der Waals surface area contributed by atoms with E-state index in [9.17, 15) is 5.11 Å². The van der Waals surface area contributed by atoms with Crippen LogP contribution in [0.4, 0.5) is 0 Å². The van der Waals surface area contributed by atoms with Gasteiger partial charge < -0.3 is 10.4 Å². The van der Waals surface area contributed by atoms with Gasteiger partial charge in [-0.3, -0.25) is 0 Å². The summed E-state index contributed by atoms with van der Waals surface area (Å²) in [6.07, 6.45) is 6.25. The lowest BCUT2D eigenvalue weighted by Crippen LogP contribution is -2.32. The van der Waals surface area contributed by atoms with Gasteiger partial charge in [0.2, 0.25) is 0 Å². The topological polar surface area (TPSA) is 32.3 Å². The van der Waals surface area contributed by atoms with Crippen LogP contribution in [-0.2, 0) is 0 Å². The van der Waals surface area contributed by atoms with Gasteiger partial charge in [-0.05, 0) is 37.1 Å². The van der Waals surface area contributed by atoms with Gasteiger partial charge in [0, 0.05) is 6.54 Å². The highest BCUT2D eigenvalue weighted by Crippen LogP contribution is 2.24. The Morgan fingerprint density at radius 2 is 1.87 bits per heavy atom. The minimum absolute atomic E-state index is 0.189. The third-order valence-corrected chi connectivity index (χ3v) is 3.14. The molecule has 0 aromatic rings. The van der Waals surface area contributed by atoms with E-state index in [2.05, 4.69) is 26.1 Å². The predicted octanol–water partition coefficient (Wildman–Crippen LogP) is 2.56. The van der Waals surface area contributed by atoms with Crippen LogP contribution < -0.4 is 5.32 Å². The van der Waals surface area contributed by atoms with Crippen LogP contribution in [0.1, 0.15) is 52.9 Å². The first-order valence-electron chi connectivity index (χ1n) is 6.36. The van der Waals surface area contributed by atoms with Crippen molar-refractivity contribution in [3.8, 4) is 0 Å². The van der Waals surface area contributed by atoms with E-state index in [1.54, 1.807) is 0 Å². The number of aliphatic hydroxyl groups is 1. The highest BCUT2D eigenvalue weighted by molar-refractivity contribution is 4.73. The molecule has 1 aliphatic carbocycles. The lowest BCUT2D eigenvalue weighted by Gasteiger charge is -2.23. The molecule has 15 heavy (non-hydrogen) atoms. The van der Waals surface area contributed by atoms with Crippen molar-refractivity contribution in [3.63, 3.8) is 0 Å². The molecule has 1 aliphatic rings. The van der Waals surface area contributed by atoms with E-state index in [1.807, 2.05) is 0 Å². The Morgan fingerprint density at radius 1 is 1.27 bits per heavy atom. The molecule has 2 heteroatoms. The van der Waals surface area contributed by atoms with Gasteiger partial charge in [-0.1, -0.05) is 33.6 Å². The fraction of sp³-hybridized carbons (Fsp3) is 1.00. The number of hydrogen-bond donors (Lipinski definition) is 2. The summed E-state index contributed by atoms with van der Waals surface area (Å²) in [5, 5.41) is 13.2. The average Bonchev–Trinajstić information content (AvgIpc) is 2.53. The Bertz CT molecular complexity index is 168. The van der Waals surface area contributed by atoms with Crippen LogP contribution in [-0.4, -0.2) is 24.3 Å². The maximum absolute atomic E-state index is 9.80. The Balaban J connectivity index is 2.03. The van der Waals surface area contributed by atoms with Crippen LogP contribution in [0.3, 0.4) is 0 Å². The number of aliphatic hydroxyl groups excluding tert-OH is 1. The molecule has 2 N–H and O–H groups in total. The second kappa shape index (κ2) is 5.86. The third-order valence-electron chi connectivity index (χ3n) is 3.14. The van der Waals surface area contributed by atoms with Gasteiger partial charge in [-0.2, -0.15) is 0 Å². The summed E-state index contributed by atoms with van der Waals surface area (Å²) in [7, 11) is 0. The summed E-state index contributed by atoms with van der Waals surface area (Å²) < 4.78 is 0. The minimum Gasteiger partial charge on any atom is -0.392 e. The molecule has 1 rings (SSSR count). The van der Waals surface area contributed by atoms with Gasteiger partial charge in [0.15, 0.2) is 0 Å². The molecule has 1 unspecified atom stereocenters. The summed E-state index contributed by atoms with van der Waals surface area (Å²) in [6, 6.07) is 0. The quantitative estimate of drug-likeness (QED) is 0.735. The second-order valence-corrected chi connectivity index (χ2v) is 6.23. The molecule has 0 amide bonds. The van der Waals surface area contributed by atoms with Crippen LogP contribution in [0.25, 0.3) is 0 Å². The first kappa shape index (κ1) is 13.0. The standard InChI is InChI=1S/C13H27NO/c1-13(2,3)8-12(15)10-14-9-11-6-4-5-7-11/h11-12,14-15H,4-10H2,1-3H3. The van der Waals surface area contributed by atoms with E-state index in [0.717, 1.165) is 25.4 Å². The fourth-order valence-corrected chi connectivity index (χ4v) is 2.45. The van der Waals surface area contributed by atoms with Gasteiger partial charge in [0.25, 0.3) is 0 Å². The first-order valence-corrected chi connectivity index (χ1v) is 6.36. The first-order chi connectivity index (χ1) is 6.97. The lowest BCUT2D eigenvalue weighted by molar-refractivity contribution is 0.118. The molecule has 90 valence electrons. The van der Waals surface area contributed by atoms with Crippen molar-refractivity contribution in [2.24, 2.45) is 11.3 Å². The van der Waals surface area contributed by atoms with Crippen LogP contribution >= 0.6 is 0 Å². The molecule has 0 aromatic heterocycles. The van der Waals surface area contributed by atoms with Crippen molar-refractivity contribution in [3.05, 3.63) is 0 Å². The van der Waals surface area contributed by atoms with Crippen LogP contribution in [0, 0.1) is 11.3 Å². The smallest absolute Gasteiger partial charge is 0.0669 e. The number of hydrogen-bond acceptors (Lipinski definition) is 2. The van der Waals surface area contributed by atoms with Crippen LogP contribution in [0.5, 0.6) is 0 Å². The highest BCUT2D eigenvalue weighted by atomic mass is 16.3. The third kappa shape index (κ3) is 6.16. The molecule has 0 aromatic carbocycles. The van der Waals surface area contributed by atoms with E-state index in [4.69, 9.17) is 0 Å². The summed E-state index contributed by atoms with van der Waals surface area (Å²) >= 11 is 0. The predicted molar refractivity (Wildman–Crippen MR) is 64.9 cm³/mol. The number of rotatable bonds is 5. The molecule has 1 atom stereocenters. The summed E-state index contributed by atoms with van der Waals surface area (Å²) in [5.41, 5.74) is 0.231. The normalized spacial score (nSPS) is 20.8. The largest absolute Gasteiger partial charge is 0.392 e. The summed E-state index contributed by atoms with van der Waals surface area (Å²) in [6.45, 7) is 8.38. The van der Waals surface area contributed by atoms with Gasteiger partial charge in [0.1, 0.15) is 0 Å². The molecule has 0 radical (unpaired) electrons. The maximum atomic E-state index is 9.80. The summed E-state index contributed by atoms with van der Waals surface area (Å²) in [4.78, 5) is 0. The van der Waals surface area contributed by atoms with Crippen molar-refractivity contribution >= 4 is 0 Å². The zero-order valence-corrected chi connectivity index (χ0v) is 10.6. The molecule has 0 saturated heterocycles. The molecule has 0 bridgehead atoms. The zero-order valence-electron chi connectivity index (χ0n) is 10.6. The Hall–Kier alpha value is -0.0800. The Kier molecular flexibility index (Phi) is 5.07. The van der Waals surface area contributed by atoms with Crippen molar-refractivity contribution in [2.45, 2.75) is 59.0 Å². The Morgan fingerprint density at radius 3 is 2.40 bits per heavy atom. The average molecular weight is 213 g/mol. The minimum atomic E-state index is -0.189. The van der Waals surface area contributed by atoms with Crippen molar-refractivity contribution in [1.82, 2.24) is 5.32 Å². The van der Waals surface area contributed by atoms with E-state index < -0.39 is 0 Å². The highest BCUT2D eigenvalue weighted by Gasteiger charge is 2.18. The van der Waals surface area contributed by atoms with Crippen LogP contribution in [0.15, 0.2) is 0 Å². The van der Waals surface area contributed by atoms with Crippen molar-refractivity contribution in [2.75, 3.05) is 13.1 Å². The molecule has 0 aliphatic heterocycles. The molecule has 1 fully saturated rings. The molecule has 0 spiro atoms. The van der Waals surface area contributed by atoms with Gasteiger partial charge >= 0.3 is 0 Å². The number of nitrogens with one attached hydrogen (secondary N) is 1. The molecule has 0 heterocycles. The lowest BCUT2D eigenvalue weighted by atomic mass is 9.89. The van der Waals surface area contributed by atoms with Crippen LogP contribution in [0.2, 0.25) is 0 Å². The van der Waals surface area contributed by atoms with Crippen molar-refractivity contribution in [1.29, 1.82) is 0 Å². The van der Waals surface area contributed by atoms with E-state index >= 15 is 0 Å². The Labute approximate surface area is 94.5 Å². The molecule has 2 nitrogen and oxygen atoms in total. The SMILES string of the molecule is CC(C)(C)CC(O)CNCC1CCCC1. The van der Waals surface area contributed by atoms with E-state index in [1.165, 1.54) is 25.7 Å². The van der Waals surface area contributed by atoms with E-state index in [-0.39, 0.29) is 11.5 Å². The van der Waals surface area contributed by atoms with Gasteiger partial charge in [0.05, 0.1) is 6.10 Å². The summed E-state index contributed by atoms with van der Waals surface area (Å²) in [5.74, 6) is 0.867. The molecular formula is C13H27NO. The van der Waals surface area contributed by atoms with Gasteiger partial charge in [-0.15, -0.1) is 0 Å². The van der Waals surface area contributed by atoms with Gasteiger partial charge in [-0.25, -0.2) is 0 Å². The molecular weight excluding hydrogens is 186 g/mol. The van der Waals surface area contributed by atoms with E-state index in [0.29, 0.717) is 0 Å². The monoisotopic (exact) mass is 213 g/mol. The molecule has 1 saturated carbocycles. The maximum Gasteiger partial charge on any atom is 0.0669 e. The van der Waals surface area contributed by atoms with Crippen molar-refractivity contribution < 1.29 is 5.11 Å². The second-order valence-electron chi connectivity index (χ2n) is 6.23. The fourth-order valence-electron chi connectivity index (χ4n) is 2.45.